The Balaban J connectivity index is 0.942. The van der Waals surface area contributed by atoms with Crippen molar-refractivity contribution in [3.63, 3.8) is 0 Å². The normalized spacial score (nSPS) is 21.0. The highest BCUT2D eigenvalue weighted by atomic mass is 16.6. The van der Waals surface area contributed by atoms with Crippen molar-refractivity contribution in [3.8, 4) is 11.3 Å². The van der Waals surface area contributed by atoms with E-state index in [1.807, 2.05) is 48.5 Å². The minimum Gasteiger partial charge on any atom is -0.444 e. The summed E-state index contributed by atoms with van der Waals surface area (Å²) in [6, 6.07) is 23.7. The summed E-state index contributed by atoms with van der Waals surface area (Å²) >= 11 is 0. The number of carbonyl (C=O) groups is 5. The molecule has 5 amide bonds. The maximum absolute atomic E-state index is 14.1. The molecule has 3 fully saturated rings. The number of benzene rings is 3. The Morgan fingerprint density at radius 2 is 1.21 bits per heavy atom. The molecule has 2 saturated heterocycles. The third kappa shape index (κ3) is 10.6. The number of imidazole rings is 1. The number of rotatable bonds is 11. The van der Waals surface area contributed by atoms with Crippen LogP contribution in [-0.4, -0.2) is 86.1 Å². The fourth-order valence-corrected chi connectivity index (χ4v) is 8.56. The zero-order valence-corrected chi connectivity index (χ0v) is 36.5. The molecule has 3 aromatic carbocycles. The van der Waals surface area contributed by atoms with E-state index in [2.05, 4.69) is 45.2 Å². The smallest absolute Gasteiger partial charge is 0.408 e. The van der Waals surface area contributed by atoms with Crippen LogP contribution < -0.4 is 16.0 Å². The molecule has 4 atom stereocenters. The number of nitrogens with one attached hydrogen (secondary N) is 4. The molecule has 0 radical (unpaired) electrons. The zero-order chi connectivity index (χ0) is 44.2. The van der Waals surface area contributed by atoms with Crippen molar-refractivity contribution < 1.29 is 33.4 Å². The van der Waals surface area contributed by atoms with Crippen LogP contribution in [0.15, 0.2) is 91.1 Å². The Kier molecular flexibility index (Phi) is 13.0. The summed E-state index contributed by atoms with van der Waals surface area (Å²) in [4.78, 5) is 79.0. The van der Waals surface area contributed by atoms with Crippen LogP contribution in [0.3, 0.4) is 0 Å². The third-order valence-electron chi connectivity index (χ3n) is 11.5. The number of ether oxygens (including phenoxy) is 2. The molecule has 7 rings (SSSR count). The van der Waals surface area contributed by atoms with E-state index in [0.29, 0.717) is 42.9 Å². The molecule has 1 saturated carbocycles. The van der Waals surface area contributed by atoms with Crippen LogP contribution in [0.25, 0.3) is 11.3 Å². The summed E-state index contributed by atoms with van der Waals surface area (Å²) in [6.07, 6.45) is 4.78. The Bertz CT molecular complexity index is 2210. The van der Waals surface area contributed by atoms with Gasteiger partial charge in [-0.05, 0) is 108 Å². The molecule has 4 N–H and O–H groups in total. The van der Waals surface area contributed by atoms with Gasteiger partial charge in [0.05, 0.1) is 17.9 Å². The minimum absolute atomic E-state index is 0.0115. The largest absolute Gasteiger partial charge is 0.444 e. The van der Waals surface area contributed by atoms with Crippen molar-refractivity contribution in [2.45, 2.75) is 127 Å². The number of nitrogens with zero attached hydrogens (tertiary/aromatic N) is 3. The molecule has 0 bridgehead atoms. The van der Waals surface area contributed by atoms with Crippen LogP contribution in [0, 0.1) is 0 Å². The lowest BCUT2D eigenvalue weighted by Gasteiger charge is -2.38. The second-order valence-electron chi connectivity index (χ2n) is 18.5. The molecule has 62 heavy (non-hydrogen) atoms. The molecule has 3 heterocycles. The average Bonchev–Trinajstić information content (AvgIpc) is 4.01. The SMILES string of the molecule is CC(C)(C)OC(=O)N[C@@H](C(=O)N1CCC[C@H]1C(=O)NC1CC(c2ccc(-c3cnc([C@@H]4CCCN4C(=O)[C@H](NC(=O)OC(C)(C)C)c4ccccc4)[nH]3)cc2)C1)c1ccccc1. The first-order chi connectivity index (χ1) is 29.5. The predicted octanol–water partition coefficient (Wildman–Crippen LogP) is 7.63. The maximum atomic E-state index is 14.1. The Hall–Kier alpha value is -6.18. The van der Waals surface area contributed by atoms with Crippen LogP contribution in [0.1, 0.15) is 127 Å². The van der Waals surface area contributed by atoms with Gasteiger partial charge in [0, 0.05) is 19.1 Å². The molecule has 0 spiro atoms. The molecule has 3 aliphatic rings. The highest BCUT2D eigenvalue weighted by molar-refractivity contribution is 5.93. The third-order valence-corrected chi connectivity index (χ3v) is 11.5. The quantitative estimate of drug-likeness (QED) is 0.119. The van der Waals surface area contributed by atoms with Gasteiger partial charge in [-0.15, -0.1) is 0 Å². The number of hydrogen-bond acceptors (Lipinski definition) is 8. The second kappa shape index (κ2) is 18.4. The molecule has 328 valence electrons. The van der Waals surface area contributed by atoms with Gasteiger partial charge in [0.1, 0.15) is 35.2 Å². The van der Waals surface area contributed by atoms with Crippen molar-refractivity contribution in [1.82, 2.24) is 35.7 Å². The topological polar surface area (TPSA) is 175 Å². The molecule has 0 unspecified atom stereocenters. The fraction of sp³-hybridized carbons (Fsp3) is 0.458. The Morgan fingerprint density at radius 3 is 1.76 bits per heavy atom. The van der Waals surface area contributed by atoms with E-state index in [1.165, 1.54) is 5.56 Å². The number of alkyl carbamates (subject to hydrolysis) is 2. The molecule has 14 nitrogen and oxygen atoms in total. The van der Waals surface area contributed by atoms with Crippen molar-refractivity contribution in [2.75, 3.05) is 13.1 Å². The lowest BCUT2D eigenvalue weighted by atomic mass is 9.75. The van der Waals surface area contributed by atoms with Gasteiger partial charge < -0.3 is 40.2 Å². The first kappa shape index (κ1) is 43.9. The van der Waals surface area contributed by atoms with Crippen LogP contribution >= 0.6 is 0 Å². The van der Waals surface area contributed by atoms with Gasteiger partial charge in [-0.25, -0.2) is 14.6 Å². The van der Waals surface area contributed by atoms with E-state index in [1.54, 1.807) is 69.7 Å². The second-order valence-corrected chi connectivity index (χ2v) is 18.5. The molecule has 1 aromatic heterocycles. The molecular formula is C48H59N7O7. The molecule has 14 heteroatoms. The number of H-pyrrole nitrogens is 1. The average molecular weight is 846 g/mol. The van der Waals surface area contributed by atoms with Gasteiger partial charge in [-0.3, -0.25) is 14.4 Å². The van der Waals surface area contributed by atoms with Crippen LogP contribution in [0.5, 0.6) is 0 Å². The highest BCUT2D eigenvalue weighted by Crippen LogP contribution is 2.39. The number of likely N-dealkylation sites (tertiary alicyclic amines) is 2. The Labute approximate surface area is 363 Å². The van der Waals surface area contributed by atoms with Gasteiger partial charge in [0.15, 0.2) is 0 Å². The minimum atomic E-state index is -0.988. The van der Waals surface area contributed by atoms with Crippen molar-refractivity contribution in [2.24, 2.45) is 0 Å². The Morgan fingerprint density at radius 1 is 0.694 bits per heavy atom. The summed E-state index contributed by atoms with van der Waals surface area (Å²) < 4.78 is 11.0. The van der Waals surface area contributed by atoms with Crippen molar-refractivity contribution >= 4 is 29.9 Å². The predicted molar refractivity (Wildman–Crippen MR) is 233 cm³/mol. The van der Waals surface area contributed by atoms with Crippen LogP contribution in [-0.2, 0) is 23.9 Å². The number of aromatic nitrogens is 2. The van der Waals surface area contributed by atoms with Crippen molar-refractivity contribution in [3.05, 3.63) is 114 Å². The maximum Gasteiger partial charge on any atom is 0.408 e. The molecule has 1 aliphatic carbocycles. The zero-order valence-electron chi connectivity index (χ0n) is 36.5. The van der Waals surface area contributed by atoms with Gasteiger partial charge in [0.2, 0.25) is 5.91 Å². The lowest BCUT2D eigenvalue weighted by Crippen LogP contribution is -2.53. The van der Waals surface area contributed by atoms with Gasteiger partial charge in [-0.1, -0.05) is 84.9 Å². The van der Waals surface area contributed by atoms with Gasteiger partial charge in [-0.2, -0.15) is 0 Å². The fourth-order valence-electron chi connectivity index (χ4n) is 8.56. The highest BCUT2D eigenvalue weighted by Gasteiger charge is 2.41. The number of aromatic amines is 1. The standard InChI is InChI=1S/C48H59N7O7/c1-47(2,3)61-45(59)52-39(32-15-9-7-10-16-32)43(57)54-25-13-19-37(54)41-49-29-36(51-41)31-23-21-30(22-24-31)34-27-35(28-34)50-42(56)38-20-14-26-55(38)44(58)40(33-17-11-8-12-18-33)53-46(60)62-48(4,5)6/h7-12,15-18,21-24,29,34-35,37-40H,13-14,19-20,25-28H2,1-6H3,(H,49,51)(H,50,56)(H,52,59)(H,53,60)/t34?,35?,37-,38-,39+,40+/m0/s1. The molecule has 4 aromatic rings. The molecule has 2 aliphatic heterocycles. The van der Waals surface area contributed by atoms with E-state index < -0.39 is 41.5 Å². The van der Waals surface area contributed by atoms with E-state index in [9.17, 15) is 24.0 Å². The summed E-state index contributed by atoms with van der Waals surface area (Å²) in [7, 11) is 0. The van der Waals surface area contributed by atoms with Gasteiger partial charge in [0.25, 0.3) is 11.8 Å². The number of carbonyl (C=O) groups excluding carboxylic acids is 5. The lowest BCUT2D eigenvalue weighted by molar-refractivity contribution is -0.140. The van der Waals surface area contributed by atoms with Crippen molar-refractivity contribution in [1.29, 1.82) is 0 Å². The summed E-state index contributed by atoms with van der Waals surface area (Å²) in [5, 5.41) is 8.75. The number of hydrogen-bond donors (Lipinski definition) is 4. The van der Waals surface area contributed by atoms with E-state index >= 15 is 0 Å². The van der Waals surface area contributed by atoms with Crippen LogP contribution in [0.2, 0.25) is 0 Å². The number of amides is 5. The molecular weight excluding hydrogens is 787 g/mol. The summed E-state index contributed by atoms with van der Waals surface area (Å²) in [5.41, 5.74) is 2.81. The first-order valence-electron chi connectivity index (χ1n) is 21.7. The van der Waals surface area contributed by atoms with E-state index in [-0.39, 0.29) is 35.7 Å². The van der Waals surface area contributed by atoms with Gasteiger partial charge >= 0.3 is 12.2 Å². The van der Waals surface area contributed by atoms with E-state index in [0.717, 1.165) is 36.9 Å². The van der Waals surface area contributed by atoms with E-state index in [4.69, 9.17) is 14.5 Å². The summed E-state index contributed by atoms with van der Waals surface area (Å²) in [6.45, 7) is 11.6. The first-order valence-corrected chi connectivity index (χ1v) is 21.7. The summed E-state index contributed by atoms with van der Waals surface area (Å²) in [5.74, 6) is 0.229. The monoisotopic (exact) mass is 845 g/mol. The van der Waals surface area contributed by atoms with Crippen LogP contribution in [0.4, 0.5) is 9.59 Å².